The van der Waals surface area contributed by atoms with Gasteiger partial charge in [-0.1, -0.05) is 0 Å². The minimum Gasteiger partial charge on any atom is -0.484 e. The van der Waals surface area contributed by atoms with Crippen molar-refractivity contribution in [3.8, 4) is 11.4 Å². The van der Waals surface area contributed by atoms with Crippen molar-refractivity contribution in [2.45, 2.75) is 6.54 Å². The third-order valence-corrected chi connectivity index (χ3v) is 3.65. The number of fused-ring (bicyclic) bond motifs is 1. The zero-order chi connectivity index (χ0) is 17.8. The molecule has 0 spiro atoms. The van der Waals surface area contributed by atoms with Crippen LogP contribution >= 0.6 is 0 Å². The highest BCUT2D eigenvalue weighted by Crippen LogP contribution is 2.14. The molecule has 0 aliphatic heterocycles. The highest BCUT2D eigenvalue weighted by Gasteiger charge is 2.08. The number of carbonyl (C=O) groups is 1. The summed E-state index contributed by atoms with van der Waals surface area (Å²) in [7, 11) is 0. The summed E-state index contributed by atoms with van der Waals surface area (Å²) in [5, 5.41) is 17.9. The quantitative estimate of drug-likeness (QED) is 0.535. The van der Waals surface area contributed by atoms with Gasteiger partial charge in [-0.05, 0) is 40.8 Å². The van der Waals surface area contributed by atoms with Gasteiger partial charge < -0.3 is 10.1 Å². The van der Waals surface area contributed by atoms with Crippen LogP contribution in [-0.4, -0.2) is 47.3 Å². The van der Waals surface area contributed by atoms with Gasteiger partial charge in [0.1, 0.15) is 12.1 Å². The topological polar surface area (TPSA) is 112 Å². The van der Waals surface area contributed by atoms with E-state index in [2.05, 4.69) is 30.9 Å². The monoisotopic (exact) mass is 350 g/mol. The molecule has 0 saturated heterocycles. The Morgan fingerprint density at radius 1 is 1.23 bits per heavy atom. The molecule has 0 fully saturated rings. The molecule has 1 aromatic carbocycles. The van der Waals surface area contributed by atoms with Crippen molar-refractivity contribution in [3.63, 3.8) is 0 Å². The largest absolute Gasteiger partial charge is 0.484 e. The van der Waals surface area contributed by atoms with Gasteiger partial charge in [0, 0.05) is 24.5 Å². The fourth-order valence-corrected chi connectivity index (χ4v) is 2.37. The van der Waals surface area contributed by atoms with Crippen LogP contribution in [0.15, 0.2) is 55.2 Å². The fourth-order valence-electron chi connectivity index (χ4n) is 2.37. The van der Waals surface area contributed by atoms with E-state index in [1.807, 2.05) is 0 Å². The highest BCUT2D eigenvalue weighted by molar-refractivity contribution is 5.77. The highest BCUT2D eigenvalue weighted by atomic mass is 16.5. The molecule has 4 aromatic rings. The second-order valence-electron chi connectivity index (χ2n) is 5.37. The number of rotatable bonds is 6. The summed E-state index contributed by atoms with van der Waals surface area (Å²) in [5.74, 6) is 0.347. The molecule has 0 saturated carbocycles. The second-order valence-corrected chi connectivity index (χ2v) is 5.37. The maximum absolute atomic E-state index is 12.0. The van der Waals surface area contributed by atoms with Crippen molar-refractivity contribution in [2.24, 2.45) is 0 Å². The van der Waals surface area contributed by atoms with Gasteiger partial charge >= 0.3 is 0 Å². The smallest absolute Gasteiger partial charge is 0.258 e. The molecular weight excluding hydrogens is 336 g/mol. The number of amides is 1. The summed E-state index contributed by atoms with van der Waals surface area (Å²) < 4.78 is 8.67. The van der Waals surface area contributed by atoms with Crippen LogP contribution in [-0.2, 0) is 11.3 Å². The summed E-state index contributed by atoms with van der Waals surface area (Å²) in [6.45, 7) is 0.248. The van der Waals surface area contributed by atoms with Crippen molar-refractivity contribution >= 4 is 11.6 Å². The molecule has 0 aliphatic rings. The van der Waals surface area contributed by atoms with E-state index in [1.54, 1.807) is 53.4 Å². The first-order valence-corrected chi connectivity index (χ1v) is 7.80. The van der Waals surface area contributed by atoms with E-state index in [0.29, 0.717) is 17.9 Å². The predicted octanol–water partition coefficient (Wildman–Crippen LogP) is 0.400. The van der Waals surface area contributed by atoms with E-state index >= 15 is 0 Å². The first-order valence-electron chi connectivity index (χ1n) is 7.80. The zero-order valence-electron chi connectivity index (χ0n) is 13.6. The third-order valence-electron chi connectivity index (χ3n) is 3.65. The first-order chi connectivity index (χ1) is 12.8. The Balaban J connectivity index is 1.30. The molecular formula is C16H14N8O2. The number of carbonyl (C=O) groups excluding carboxylic acids is 1. The number of nitrogens with one attached hydrogen (secondary N) is 1. The average Bonchev–Trinajstić information content (AvgIpc) is 3.35. The molecule has 130 valence electrons. The Hall–Kier alpha value is -3.82. The fraction of sp³-hybridized carbons (Fsp3) is 0.125. The number of benzene rings is 1. The number of nitrogens with zero attached hydrogens (tertiary/aromatic N) is 7. The van der Waals surface area contributed by atoms with E-state index in [-0.39, 0.29) is 12.5 Å². The molecule has 3 aromatic heterocycles. The molecule has 0 atom stereocenters. The van der Waals surface area contributed by atoms with Crippen LogP contribution in [0.25, 0.3) is 11.3 Å². The van der Waals surface area contributed by atoms with E-state index in [0.717, 1.165) is 11.3 Å². The summed E-state index contributed by atoms with van der Waals surface area (Å²) in [4.78, 5) is 16.2. The summed E-state index contributed by atoms with van der Waals surface area (Å²) in [6.07, 6.45) is 6.67. The Morgan fingerprint density at radius 3 is 2.92 bits per heavy atom. The number of hydrogen-bond donors (Lipinski definition) is 1. The first kappa shape index (κ1) is 15.7. The van der Waals surface area contributed by atoms with Crippen molar-refractivity contribution in [1.82, 2.24) is 40.1 Å². The second kappa shape index (κ2) is 6.97. The number of ether oxygens (including phenoxy) is 1. The maximum atomic E-state index is 12.0. The lowest BCUT2D eigenvalue weighted by atomic mass is 10.3. The van der Waals surface area contributed by atoms with Crippen LogP contribution < -0.4 is 10.1 Å². The Labute approximate surface area is 147 Å². The van der Waals surface area contributed by atoms with Gasteiger partial charge in [0.2, 0.25) is 0 Å². The molecule has 4 rings (SSSR count). The average molecular weight is 350 g/mol. The van der Waals surface area contributed by atoms with E-state index in [4.69, 9.17) is 4.74 Å². The van der Waals surface area contributed by atoms with Gasteiger partial charge in [-0.2, -0.15) is 5.10 Å². The Kier molecular flexibility index (Phi) is 4.21. The maximum Gasteiger partial charge on any atom is 0.258 e. The van der Waals surface area contributed by atoms with Gasteiger partial charge in [-0.3, -0.25) is 4.79 Å². The lowest BCUT2D eigenvalue weighted by Gasteiger charge is -2.07. The van der Waals surface area contributed by atoms with Crippen LogP contribution in [0.4, 0.5) is 0 Å². The normalized spacial score (nSPS) is 10.8. The molecule has 1 N–H and O–H groups in total. The lowest BCUT2D eigenvalue weighted by molar-refractivity contribution is -0.123. The summed E-state index contributed by atoms with van der Waals surface area (Å²) in [6, 6.07) is 8.89. The minimum absolute atomic E-state index is 0.0864. The van der Waals surface area contributed by atoms with E-state index in [1.165, 1.54) is 11.0 Å². The van der Waals surface area contributed by atoms with Crippen LogP contribution in [0.5, 0.6) is 5.75 Å². The summed E-state index contributed by atoms with van der Waals surface area (Å²) >= 11 is 0. The molecule has 10 heteroatoms. The van der Waals surface area contributed by atoms with E-state index in [9.17, 15) is 4.79 Å². The van der Waals surface area contributed by atoms with Crippen molar-refractivity contribution in [2.75, 3.05) is 6.61 Å². The van der Waals surface area contributed by atoms with Crippen LogP contribution in [0.3, 0.4) is 0 Å². The van der Waals surface area contributed by atoms with Crippen molar-refractivity contribution in [3.05, 3.63) is 60.8 Å². The molecule has 0 radical (unpaired) electrons. The summed E-state index contributed by atoms with van der Waals surface area (Å²) in [5.41, 5.74) is 2.35. The van der Waals surface area contributed by atoms with Gasteiger partial charge in [-0.25, -0.2) is 14.2 Å². The lowest BCUT2D eigenvalue weighted by Crippen LogP contribution is -2.28. The number of aromatic nitrogens is 7. The SMILES string of the molecule is O=C(COc1ccc(-n2cnnn2)cc1)NCc1cnn2cccnc12. The Morgan fingerprint density at radius 2 is 2.12 bits per heavy atom. The third kappa shape index (κ3) is 3.34. The van der Waals surface area contributed by atoms with Gasteiger partial charge in [0.15, 0.2) is 12.3 Å². The number of hydrogen-bond acceptors (Lipinski definition) is 7. The Bertz CT molecular complexity index is 1010. The van der Waals surface area contributed by atoms with Crippen molar-refractivity contribution in [1.29, 1.82) is 0 Å². The predicted molar refractivity (Wildman–Crippen MR) is 89.5 cm³/mol. The van der Waals surface area contributed by atoms with Gasteiger partial charge in [0.05, 0.1) is 11.9 Å². The molecule has 1 amide bonds. The van der Waals surface area contributed by atoms with Crippen LogP contribution in [0, 0.1) is 0 Å². The van der Waals surface area contributed by atoms with Crippen LogP contribution in [0.2, 0.25) is 0 Å². The van der Waals surface area contributed by atoms with Gasteiger partial charge in [0.25, 0.3) is 5.91 Å². The van der Waals surface area contributed by atoms with E-state index < -0.39 is 0 Å². The molecule has 0 aliphatic carbocycles. The molecule has 26 heavy (non-hydrogen) atoms. The standard InChI is InChI=1S/C16H14N8O2/c25-15(18-8-12-9-20-23-7-1-6-17-16(12)23)10-26-14-4-2-13(3-5-14)24-11-19-21-22-24/h1-7,9,11H,8,10H2,(H,18,25). The van der Waals surface area contributed by atoms with Crippen molar-refractivity contribution < 1.29 is 9.53 Å². The van der Waals surface area contributed by atoms with Gasteiger partial charge in [-0.15, -0.1) is 5.10 Å². The molecule has 0 unspecified atom stereocenters. The number of tetrazole rings is 1. The molecule has 3 heterocycles. The molecule has 10 nitrogen and oxygen atoms in total. The molecule has 0 bridgehead atoms. The van der Waals surface area contributed by atoms with Crippen LogP contribution in [0.1, 0.15) is 5.56 Å². The minimum atomic E-state index is -0.232. The zero-order valence-corrected chi connectivity index (χ0v) is 13.6.